The fourth-order valence-electron chi connectivity index (χ4n) is 2.78. The summed E-state index contributed by atoms with van der Waals surface area (Å²) in [5, 5.41) is 2.96. The van der Waals surface area contributed by atoms with Crippen molar-refractivity contribution in [2.75, 3.05) is 24.4 Å². The fourth-order valence-corrected chi connectivity index (χ4v) is 5.53. The van der Waals surface area contributed by atoms with Crippen molar-refractivity contribution in [1.82, 2.24) is 9.29 Å². The molecule has 1 N–H and O–H groups in total. The minimum absolute atomic E-state index is 0.181. The van der Waals surface area contributed by atoms with Gasteiger partial charge in [-0.3, -0.25) is 4.79 Å². The lowest BCUT2D eigenvalue weighted by atomic mass is 10.2. The molecule has 0 saturated carbocycles. The molecule has 0 aliphatic carbocycles. The van der Waals surface area contributed by atoms with Crippen molar-refractivity contribution in [3.8, 4) is 0 Å². The highest BCUT2D eigenvalue weighted by Crippen LogP contribution is 2.29. The van der Waals surface area contributed by atoms with Crippen molar-refractivity contribution < 1.29 is 21.6 Å². The van der Waals surface area contributed by atoms with Crippen LogP contribution in [0.2, 0.25) is 0 Å². The molecule has 1 aliphatic rings. The van der Waals surface area contributed by atoms with Gasteiger partial charge in [-0.2, -0.15) is 4.31 Å². The Balaban J connectivity index is 1.84. The number of thiazole rings is 1. The lowest BCUT2D eigenvalue weighted by Gasteiger charge is -2.20. The molecule has 1 aromatic carbocycles. The Kier molecular flexibility index (Phi) is 4.60. The van der Waals surface area contributed by atoms with Crippen LogP contribution in [0.1, 0.15) is 12.8 Å². The SMILES string of the molecule is CS(=O)(=O)c1ccc2nc(NC(=O)[C@@H]3CCCN3S(C)(=O)=O)sc2c1. The first kappa shape index (κ1) is 18.2. The van der Waals surface area contributed by atoms with Gasteiger partial charge in [-0.1, -0.05) is 11.3 Å². The third-order valence-corrected chi connectivity index (χ3v) is 7.28. The Bertz CT molecular complexity index is 1040. The van der Waals surface area contributed by atoms with Crippen molar-refractivity contribution in [1.29, 1.82) is 0 Å². The molecule has 2 aromatic rings. The number of sulfone groups is 1. The Morgan fingerprint density at radius 2 is 2.00 bits per heavy atom. The van der Waals surface area contributed by atoms with E-state index in [1.54, 1.807) is 6.07 Å². The highest BCUT2D eigenvalue weighted by molar-refractivity contribution is 7.90. The van der Waals surface area contributed by atoms with E-state index in [4.69, 9.17) is 0 Å². The van der Waals surface area contributed by atoms with Crippen LogP contribution in [0.3, 0.4) is 0 Å². The third kappa shape index (κ3) is 3.84. The largest absolute Gasteiger partial charge is 0.301 e. The molecule has 1 aliphatic heterocycles. The average molecular weight is 404 g/mol. The van der Waals surface area contributed by atoms with Crippen LogP contribution in [0.25, 0.3) is 10.2 Å². The summed E-state index contributed by atoms with van der Waals surface area (Å²) >= 11 is 1.15. The number of anilines is 1. The number of sulfonamides is 1. The van der Waals surface area contributed by atoms with E-state index in [1.165, 1.54) is 16.4 Å². The quantitative estimate of drug-likeness (QED) is 0.817. The molecule has 0 spiro atoms. The third-order valence-electron chi connectivity index (χ3n) is 3.95. The van der Waals surface area contributed by atoms with E-state index in [2.05, 4.69) is 10.3 Å². The maximum atomic E-state index is 12.4. The number of rotatable bonds is 4. The second kappa shape index (κ2) is 6.31. The van der Waals surface area contributed by atoms with Crippen molar-refractivity contribution >= 4 is 52.5 Å². The number of carbonyl (C=O) groups is 1. The number of amides is 1. The van der Waals surface area contributed by atoms with Gasteiger partial charge in [0.05, 0.1) is 21.4 Å². The van der Waals surface area contributed by atoms with Crippen molar-refractivity contribution in [3.05, 3.63) is 18.2 Å². The molecule has 0 unspecified atom stereocenters. The van der Waals surface area contributed by atoms with Gasteiger partial charge in [0, 0.05) is 12.8 Å². The van der Waals surface area contributed by atoms with Gasteiger partial charge < -0.3 is 5.32 Å². The van der Waals surface area contributed by atoms with E-state index >= 15 is 0 Å². The van der Waals surface area contributed by atoms with Crippen LogP contribution in [0.5, 0.6) is 0 Å². The zero-order chi connectivity index (χ0) is 18.4. The Morgan fingerprint density at radius 3 is 2.64 bits per heavy atom. The van der Waals surface area contributed by atoms with Crippen LogP contribution in [0.15, 0.2) is 23.1 Å². The second-order valence-corrected chi connectivity index (χ2v) is 10.9. The van der Waals surface area contributed by atoms with Crippen LogP contribution < -0.4 is 5.32 Å². The molecular weight excluding hydrogens is 386 g/mol. The normalized spacial score (nSPS) is 19.4. The van der Waals surface area contributed by atoms with Crippen LogP contribution in [0, 0.1) is 0 Å². The molecule has 0 bridgehead atoms. The first-order valence-corrected chi connectivity index (χ1v) is 12.0. The molecule has 1 atom stereocenters. The summed E-state index contributed by atoms with van der Waals surface area (Å²) in [5.74, 6) is -0.426. The number of hydrogen-bond donors (Lipinski definition) is 1. The smallest absolute Gasteiger partial charge is 0.244 e. The second-order valence-electron chi connectivity index (χ2n) is 5.94. The topological polar surface area (TPSA) is 114 Å². The lowest BCUT2D eigenvalue weighted by Crippen LogP contribution is -2.42. The number of fused-ring (bicyclic) bond motifs is 1. The van der Waals surface area contributed by atoms with E-state index in [9.17, 15) is 21.6 Å². The summed E-state index contributed by atoms with van der Waals surface area (Å²) in [6, 6.07) is 3.81. The lowest BCUT2D eigenvalue weighted by molar-refractivity contribution is -0.119. The number of aromatic nitrogens is 1. The highest BCUT2D eigenvalue weighted by Gasteiger charge is 2.36. The van der Waals surface area contributed by atoms with Gasteiger partial charge in [-0.05, 0) is 31.0 Å². The van der Waals surface area contributed by atoms with Crippen molar-refractivity contribution in [2.45, 2.75) is 23.8 Å². The summed E-state index contributed by atoms with van der Waals surface area (Å²) < 4.78 is 48.6. The van der Waals surface area contributed by atoms with E-state index in [1.807, 2.05) is 0 Å². The maximum Gasteiger partial charge on any atom is 0.244 e. The Labute approximate surface area is 149 Å². The van der Waals surface area contributed by atoms with Crippen LogP contribution >= 0.6 is 11.3 Å². The van der Waals surface area contributed by atoms with Crippen LogP contribution in [0.4, 0.5) is 5.13 Å². The minimum Gasteiger partial charge on any atom is -0.301 e. The average Bonchev–Trinajstić information content (AvgIpc) is 3.11. The molecule has 0 radical (unpaired) electrons. The molecule has 136 valence electrons. The first-order chi connectivity index (χ1) is 11.6. The molecular formula is C14H17N3O5S3. The summed E-state index contributed by atoms with van der Waals surface area (Å²) in [6.07, 6.45) is 3.30. The van der Waals surface area contributed by atoms with Gasteiger partial charge in [-0.15, -0.1) is 0 Å². The number of benzene rings is 1. The van der Waals surface area contributed by atoms with Gasteiger partial charge in [0.15, 0.2) is 15.0 Å². The van der Waals surface area contributed by atoms with Crippen LogP contribution in [-0.2, 0) is 24.7 Å². The van der Waals surface area contributed by atoms with E-state index < -0.39 is 31.8 Å². The monoisotopic (exact) mass is 403 g/mol. The zero-order valence-electron chi connectivity index (χ0n) is 13.6. The van der Waals surface area contributed by atoms with Gasteiger partial charge in [-0.25, -0.2) is 21.8 Å². The molecule has 11 heteroatoms. The molecule has 1 aromatic heterocycles. The molecule has 2 heterocycles. The van der Waals surface area contributed by atoms with Gasteiger partial charge in [0.1, 0.15) is 6.04 Å². The molecule has 3 rings (SSSR count). The Morgan fingerprint density at radius 1 is 1.28 bits per heavy atom. The summed E-state index contributed by atoms with van der Waals surface area (Å²) in [5.41, 5.74) is 0.569. The molecule has 1 fully saturated rings. The number of carbonyl (C=O) groups excluding carboxylic acids is 1. The van der Waals surface area contributed by atoms with Gasteiger partial charge in [0.2, 0.25) is 15.9 Å². The Hall–Kier alpha value is -1.56. The van der Waals surface area contributed by atoms with E-state index in [-0.39, 0.29) is 4.90 Å². The molecule has 1 amide bonds. The van der Waals surface area contributed by atoms with Gasteiger partial charge in [0.25, 0.3) is 0 Å². The number of nitrogens with one attached hydrogen (secondary N) is 1. The fraction of sp³-hybridized carbons (Fsp3) is 0.429. The predicted octanol–water partition coefficient (Wildman–Crippen LogP) is 1.06. The van der Waals surface area contributed by atoms with E-state index in [0.717, 1.165) is 23.8 Å². The molecule has 25 heavy (non-hydrogen) atoms. The van der Waals surface area contributed by atoms with E-state index in [0.29, 0.717) is 34.7 Å². The number of hydrogen-bond acceptors (Lipinski definition) is 7. The number of nitrogens with zero attached hydrogens (tertiary/aromatic N) is 2. The summed E-state index contributed by atoms with van der Waals surface area (Å²) in [7, 11) is -6.77. The summed E-state index contributed by atoms with van der Waals surface area (Å²) in [4.78, 5) is 16.9. The summed E-state index contributed by atoms with van der Waals surface area (Å²) in [6.45, 7) is 0.328. The van der Waals surface area contributed by atoms with Gasteiger partial charge >= 0.3 is 0 Å². The molecule has 8 nitrogen and oxygen atoms in total. The molecule has 1 saturated heterocycles. The first-order valence-electron chi connectivity index (χ1n) is 7.44. The van der Waals surface area contributed by atoms with Crippen LogP contribution in [-0.4, -0.2) is 57.1 Å². The standard InChI is InChI=1S/C14H17N3O5S3/c1-24(19,20)9-5-6-10-12(8-9)23-14(15-10)16-13(18)11-4-3-7-17(11)25(2,21)22/h5-6,8,11H,3-4,7H2,1-2H3,(H,15,16,18)/t11-/m0/s1. The zero-order valence-corrected chi connectivity index (χ0v) is 16.0. The highest BCUT2D eigenvalue weighted by atomic mass is 32.2. The minimum atomic E-state index is -3.45. The van der Waals surface area contributed by atoms with Crippen molar-refractivity contribution in [2.24, 2.45) is 0 Å². The van der Waals surface area contributed by atoms with Crippen molar-refractivity contribution in [3.63, 3.8) is 0 Å². The maximum absolute atomic E-state index is 12.4. The predicted molar refractivity (Wildman–Crippen MR) is 95.9 cm³/mol.